The van der Waals surface area contributed by atoms with E-state index in [9.17, 15) is 55.2 Å². The van der Waals surface area contributed by atoms with Crippen molar-refractivity contribution in [2.45, 2.75) is 81.2 Å². The van der Waals surface area contributed by atoms with Crippen molar-refractivity contribution in [3.8, 4) is 0 Å². The second kappa shape index (κ2) is 12.6. The predicted molar refractivity (Wildman–Crippen MR) is 128 cm³/mol. The molecule has 17 nitrogen and oxygen atoms in total. The summed E-state index contributed by atoms with van der Waals surface area (Å²) in [6.07, 6.45) is -15.1. The van der Waals surface area contributed by atoms with Crippen LogP contribution in [0.2, 0.25) is 0 Å². The normalized spacial score (nSPS) is 38.9. The maximum atomic E-state index is 12.6. The molecule has 8 N–H and O–H groups in total. The molecule has 0 amide bonds. The molecular formula is C24H34O17. The molecule has 232 valence electrons. The maximum absolute atomic E-state index is 12.6. The summed E-state index contributed by atoms with van der Waals surface area (Å²) in [7, 11) is 0. The minimum Gasteiger partial charge on any atom is -0.419 e. The average molecular weight is 595 g/mol. The lowest BCUT2D eigenvalue weighted by Gasteiger charge is -2.56. The quantitative estimate of drug-likeness (QED) is 0.0517. The zero-order valence-electron chi connectivity index (χ0n) is 22.3. The van der Waals surface area contributed by atoms with E-state index >= 15 is 0 Å². The van der Waals surface area contributed by atoms with Crippen LogP contribution >= 0.6 is 0 Å². The lowest BCUT2D eigenvalue weighted by atomic mass is 9.87. The number of carbonyl (C=O) groups is 3. The van der Waals surface area contributed by atoms with Crippen molar-refractivity contribution in [1.29, 1.82) is 0 Å². The summed E-state index contributed by atoms with van der Waals surface area (Å²) in [4.78, 5) is 37.7. The molecule has 17 heteroatoms. The van der Waals surface area contributed by atoms with Crippen LogP contribution in [-0.2, 0) is 42.8 Å². The van der Waals surface area contributed by atoms with Gasteiger partial charge in [-0.3, -0.25) is 0 Å². The molecule has 0 aliphatic carbocycles. The third kappa shape index (κ3) is 6.20. The first-order valence-electron chi connectivity index (χ1n) is 11.9. The maximum Gasteiger partial charge on any atom is 0.349 e. The molecule has 0 spiro atoms. The van der Waals surface area contributed by atoms with Gasteiger partial charge in [-0.05, 0) is 20.8 Å². The number of rotatable bonds is 10. The fourth-order valence-electron chi connectivity index (χ4n) is 3.72. The van der Waals surface area contributed by atoms with Gasteiger partial charge in [0.15, 0.2) is 18.7 Å². The van der Waals surface area contributed by atoms with Crippen molar-refractivity contribution in [2.24, 2.45) is 0 Å². The molecule has 2 saturated heterocycles. The molecule has 0 aromatic heterocycles. The Kier molecular flexibility index (Phi) is 10.6. The molecule has 0 radical (unpaired) electrons. The standard InChI is InChI=1S/C24H34O17/c1-9(2)17(30)38-22(8-26)24(35,40-19(32)11(5)6)23(34,39-18(31)10(3)4)16(29)21(41-22)37-15-12(7-25)36-20(33)14(28)13(15)27/h12-16,20-21,25-29,33-35H,1,3,5,7-8H2,2,4,6H3/t12-,13-,14-,15-,16-,20-,21+,22+,23+,24+/m1/s1. The third-order valence-electron chi connectivity index (χ3n) is 6.10. The van der Waals surface area contributed by atoms with Crippen LogP contribution in [0.25, 0.3) is 0 Å². The van der Waals surface area contributed by atoms with Gasteiger partial charge in [-0.1, -0.05) is 19.7 Å². The van der Waals surface area contributed by atoms with Gasteiger partial charge in [0.05, 0.1) is 6.61 Å². The fourth-order valence-corrected chi connectivity index (χ4v) is 3.72. The minimum absolute atomic E-state index is 0.394. The zero-order valence-corrected chi connectivity index (χ0v) is 22.3. The number of carbonyl (C=O) groups excluding carboxylic acids is 3. The first kappa shape index (κ1) is 34.4. The summed E-state index contributed by atoms with van der Waals surface area (Å²) in [5.74, 6) is -16.0. The summed E-state index contributed by atoms with van der Waals surface area (Å²) in [5.41, 5.74) is -1.28. The minimum atomic E-state index is -4.01. The van der Waals surface area contributed by atoms with Crippen LogP contribution in [0.5, 0.6) is 0 Å². The highest BCUT2D eigenvalue weighted by Gasteiger charge is 2.80. The van der Waals surface area contributed by atoms with Crippen molar-refractivity contribution in [3.05, 3.63) is 36.5 Å². The predicted octanol–water partition coefficient (Wildman–Crippen LogP) is -4.06. The van der Waals surface area contributed by atoms with E-state index in [-0.39, 0.29) is 0 Å². The summed E-state index contributed by atoms with van der Waals surface area (Å²) < 4.78 is 30.5. The Labute approximate surface area is 233 Å². The largest absolute Gasteiger partial charge is 0.419 e. The molecule has 10 atom stereocenters. The monoisotopic (exact) mass is 594 g/mol. The molecule has 2 rings (SSSR count). The Morgan fingerprint density at radius 2 is 1.29 bits per heavy atom. The Morgan fingerprint density at radius 3 is 1.76 bits per heavy atom. The van der Waals surface area contributed by atoms with E-state index in [0.717, 1.165) is 20.8 Å². The summed E-state index contributed by atoms with van der Waals surface area (Å²) >= 11 is 0. The third-order valence-corrected chi connectivity index (χ3v) is 6.10. The second-order valence-corrected chi connectivity index (χ2v) is 9.52. The summed E-state index contributed by atoms with van der Waals surface area (Å²) in [5, 5.41) is 84.7. The highest BCUT2D eigenvalue weighted by Crippen LogP contribution is 2.48. The highest BCUT2D eigenvalue weighted by molar-refractivity contribution is 5.89. The number of aliphatic hydroxyl groups is 8. The van der Waals surface area contributed by atoms with Gasteiger partial charge < -0.3 is 69.3 Å². The van der Waals surface area contributed by atoms with Crippen molar-refractivity contribution >= 4 is 17.9 Å². The molecule has 0 aromatic rings. The molecule has 2 heterocycles. The van der Waals surface area contributed by atoms with Crippen molar-refractivity contribution < 1.29 is 83.7 Å². The van der Waals surface area contributed by atoms with Crippen molar-refractivity contribution in [3.63, 3.8) is 0 Å². The average Bonchev–Trinajstić information content (AvgIpc) is 2.90. The zero-order chi connectivity index (χ0) is 31.7. The van der Waals surface area contributed by atoms with Gasteiger partial charge in [0.25, 0.3) is 0 Å². The van der Waals surface area contributed by atoms with Crippen LogP contribution in [-0.4, -0.2) is 132 Å². The van der Waals surface area contributed by atoms with Gasteiger partial charge in [-0.25, -0.2) is 14.4 Å². The van der Waals surface area contributed by atoms with Gasteiger partial charge in [0, 0.05) is 16.7 Å². The highest BCUT2D eigenvalue weighted by atomic mass is 16.9. The molecule has 2 aliphatic heterocycles. The van der Waals surface area contributed by atoms with Gasteiger partial charge >= 0.3 is 35.3 Å². The first-order valence-corrected chi connectivity index (χ1v) is 11.9. The van der Waals surface area contributed by atoms with Gasteiger partial charge in [-0.2, -0.15) is 0 Å². The molecule has 0 saturated carbocycles. The van der Waals surface area contributed by atoms with E-state index in [1.165, 1.54) is 0 Å². The van der Waals surface area contributed by atoms with E-state index in [1.807, 2.05) is 0 Å². The molecule has 2 aliphatic rings. The van der Waals surface area contributed by atoms with E-state index in [2.05, 4.69) is 19.7 Å². The van der Waals surface area contributed by atoms with Crippen LogP contribution in [0.3, 0.4) is 0 Å². The Hall–Kier alpha value is -2.81. The van der Waals surface area contributed by atoms with Crippen LogP contribution in [0.1, 0.15) is 20.8 Å². The van der Waals surface area contributed by atoms with E-state index < -0.39 is 108 Å². The first-order chi connectivity index (χ1) is 18.8. The summed E-state index contributed by atoms with van der Waals surface area (Å²) in [6, 6.07) is 0. The van der Waals surface area contributed by atoms with Crippen LogP contribution in [0.4, 0.5) is 0 Å². The van der Waals surface area contributed by atoms with Crippen LogP contribution in [0.15, 0.2) is 36.5 Å². The second-order valence-electron chi connectivity index (χ2n) is 9.52. The van der Waals surface area contributed by atoms with Crippen molar-refractivity contribution in [2.75, 3.05) is 13.2 Å². The Morgan fingerprint density at radius 1 is 0.805 bits per heavy atom. The Balaban J connectivity index is 2.80. The van der Waals surface area contributed by atoms with Gasteiger partial charge in [-0.15, -0.1) is 0 Å². The molecule has 0 bridgehead atoms. The molecule has 0 aromatic carbocycles. The van der Waals surface area contributed by atoms with Crippen LogP contribution < -0.4 is 0 Å². The molecule has 0 unspecified atom stereocenters. The van der Waals surface area contributed by atoms with Gasteiger partial charge in [0.1, 0.15) is 31.0 Å². The number of hydrogen-bond acceptors (Lipinski definition) is 17. The van der Waals surface area contributed by atoms with Crippen LogP contribution in [0, 0.1) is 0 Å². The van der Waals surface area contributed by atoms with Crippen molar-refractivity contribution in [1.82, 2.24) is 0 Å². The Bertz CT molecular complexity index is 1040. The van der Waals surface area contributed by atoms with E-state index in [0.29, 0.717) is 0 Å². The fraction of sp³-hybridized carbons (Fsp3) is 0.625. The number of hydrogen-bond donors (Lipinski definition) is 8. The topological polar surface area (TPSA) is 268 Å². The molecule has 41 heavy (non-hydrogen) atoms. The van der Waals surface area contributed by atoms with Gasteiger partial charge in [0.2, 0.25) is 0 Å². The van der Waals surface area contributed by atoms with E-state index in [1.54, 1.807) is 0 Å². The molecular weight excluding hydrogens is 560 g/mol. The smallest absolute Gasteiger partial charge is 0.349 e. The molecule has 2 fully saturated rings. The SMILES string of the molecule is C=C(C)C(=O)O[C@@]1(CO)O[C@H](O[C@H]2[C@H](O)[C@@H](O)[C@H](O)O[C@@H]2CO)[C@@H](O)[C@](O)(OC(=O)C(=C)C)[C@@]1(O)OC(=O)C(=C)C. The number of esters is 3. The van der Waals surface area contributed by atoms with E-state index in [4.69, 9.17) is 28.4 Å². The number of ether oxygens (including phenoxy) is 6. The number of aliphatic hydroxyl groups excluding tert-OH is 6. The lowest BCUT2D eigenvalue weighted by Crippen LogP contribution is -2.83. The lowest BCUT2D eigenvalue weighted by molar-refractivity contribution is -0.533. The summed E-state index contributed by atoms with van der Waals surface area (Å²) in [6.45, 7) is 10.5.